The van der Waals surface area contributed by atoms with Crippen LogP contribution in [0.25, 0.3) is 4.96 Å². The van der Waals surface area contributed by atoms with E-state index in [0.29, 0.717) is 5.92 Å². The number of thiazole rings is 1. The van der Waals surface area contributed by atoms with Gasteiger partial charge in [0.15, 0.2) is 4.96 Å². The van der Waals surface area contributed by atoms with Crippen LogP contribution in [0.2, 0.25) is 0 Å². The van der Waals surface area contributed by atoms with Crippen LogP contribution >= 0.6 is 11.3 Å². The molecule has 0 amide bonds. The zero-order valence-corrected chi connectivity index (χ0v) is 11.9. The van der Waals surface area contributed by atoms with Crippen molar-refractivity contribution in [1.29, 1.82) is 0 Å². The Balaban J connectivity index is 1.80. The quantitative estimate of drug-likeness (QED) is 0.904. The molecular formula is C14H21N3S. The van der Waals surface area contributed by atoms with Gasteiger partial charge in [-0.3, -0.25) is 4.40 Å². The van der Waals surface area contributed by atoms with Crippen LogP contribution in [0.1, 0.15) is 38.8 Å². The molecule has 18 heavy (non-hydrogen) atoms. The van der Waals surface area contributed by atoms with Crippen molar-refractivity contribution < 1.29 is 0 Å². The second-order valence-electron chi connectivity index (χ2n) is 6.02. The topological polar surface area (TPSA) is 43.3 Å². The van der Waals surface area contributed by atoms with E-state index < -0.39 is 0 Å². The Kier molecular flexibility index (Phi) is 2.94. The SMILES string of the molecule is CC1CCC(N)(Cc2cn3ccsc3n2)C(C)C1. The third-order valence-corrected chi connectivity index (χ3v) is 5.26. The molecule has 2 aromatic rings. The highest BCUT2D eigenvalue weighted by molar-refractivity contribution is 7.15. The van der Waals surface area contributed by atoms with Crippen LogP contribution in [-0.4, -0.2) is 14.9 Å². The molecule has 4 heteroatoms. The van der Waals surface area contributed by atoms with Crippen LogP contribution in [0.4, 0.5) is 0 Å². The van der Waals surface area contributed by atoms with Gasteiger partial charge in [0.2, 0.25) is 0 Å². The zero-order chi connectivity index (χ0) is 12.8. The minimum Gasteiger partial charge on any atom is -0.325 e. The highest BCUT2D eigenvalue weighted by Crippen LogP contribution is 2.37. The number of hydrogen-bond acceptors (Lipinski definition) is 3. The van der Waals surface area contributed by atoms with Crippen molar-refractivity contribution in [1.82, 2.24) is 9.38 Å². The lowest BCUT2D eigenvalue weighted by Crippen LogP contribution is -2.51. The Hall–Kier alpha value is -0.870. The van der Waals surface area contributed by atoms with Crippen LogP contribution in [0.5, 0.6) is 0 Å². The lowest BCUT2D eigenvalue weighted by atomic mass is 9.68. The molecule has 1 aliphatic carbocycles. The Bertz CT molecular complexity index is 515. The molecule has 3 rings (SSSR count). The minimum atomic E-state index is -0.0590. The summed E-state index contributed by atoms with van der Waals surface area (Å²) in [5.41, 5.74) is 7.73. The fraction of sp³-hybridized carbons (Fsp3) is 0.643. The number of fused-ring (bicyclic) bond motifs is 1. The van der Waals surface area contributed by atoms with Crippen LogP contribution in [0, 0.1) is 11.8 Å². The van der Waals surface area contributed by atoms with Gasteiger partial charge < -0.3 is 5.73 Å². The Morgan fingerprint density at radius 2 is 2.39 bits per heavy atom. The third-order valence-electron chi connectivity index (χ3n) is 4.49. The van der Waals surface area contributed by atoms with Crippen molar-refractivity contribution in [2.45, 2.75) is 45.1 Å². The van der Waals surface area contributed by atoms with Gasteiger partial charge in [-0.05, 0) is 31.1 Å². The zero-order valence-electron chi connectivity index (χ0n) is 11.1. The molecule has 3 atom stereocenters. The first-order chi connectivity index (χ1) is 8.57. The number of imidazole rings is 1. The van der Waals surface area contributed by atoms with Crippen molar-refractivity contribution in [3.05, 3.63) is 23.5 Å². The molecule has 0 aromatic carbocycles. The van der Waals surface area contributed by atoms with Gasteiger partial charge in [0.1, 0.15) is 0 Å². The van der Waals surface area contributed by atoms with Crippen LogP contribution in [0.15, 0.2) is 17.8 Å². The standard InChI is InChI=1S/C14H21N3S/c1-10-3-4-14(15,11(2)7-10)8-12-9-17-5-6-18-13(17)16-12/h5-6,9-11H,3-4,7-8,15H2,1-2H3. The number of nitrogens with two attached hydrogens (primary N) is 1. The van der Waals surface area contributed by atoms with Gasteiger partial charge in [-0.15, -0.1) is 11.3 Å². The molecule has 0 saturated heterocycles. The van der Waals surface area contributed by atoms with Crippen molar-refractivity contribution in [3.63, 3.8) is 0 Å². The summed E-state index contributed by atoms with van der Waals surface area (Å²) < 4.78 is 2.10. The van der Waals surface area contributed by atoms with E-state index in [2.05, 4.69) is 41.0 Å². The third kappa shape index (κ3) is 2.08. The molecule has 98 valence electrons. The normalized spacial score (nSPS) is 33.1. The number of aromatic nitrogens is 2. The van der Waals surface area contributed by atoms with E-state index >= 15 is 0 Å². The average molecular weight is 263 g/mol. The summed E-state index contributed by atoms with van der Waals surface area (Å²) in [4.78, 5) is 5.74. The van der Waals surface area contributed by atoms with Gasteiger partial charge in [-0.25, -0.2) is 4.98 Å². The van der Waals surface area contributed by atoms with E-state index in [-0.39, 0.29) is 5.54 Å². The molecule has 1 saturated carbocycles. The Morgan fingerprint density at radius 1 is 1.56 bits per heavy atom. The first-order valence-corrected chi connectivity index (χ1v) is 7.65. The minimum absolute atomic E-state index is 0.0590. The van der Waals surface area contributed by atoms with Gasteiger partial charge in [0, 0.05) is 29.7 Å². The molecule has 0 aliphatic heterocycles. The molecule has 0 bridgehead atoms. The predicted molar refractivity (Wildman–Crippen MR) is 75.9 cm³/mol. The summed E-state index contributed by atoms with van der Waals surface area (Å²) in [7, 11) is 0. The van der Waals surface area contributed by atoms with Crippen molar-refractivity contribution in [3.8, 4) is 0 Å². The van der Waals surface area contributed by atoms with Gasteiger partial charge in [0.05, 0.1) is 5.69 Å². The maximum atomic E-state index is 6.64. The first-order valence-electron chi connectivity index (χ1n) is 6.77. The summed E-state index contributed by atoms with van der Waals surface area (Å²) >= 11 is 1.68. The second kappa shape index (κ2) is 4.35. The lowest BCUT2D eigenvalue weighted by Gasteiger charge is -2.41. The molecule has 2 heterocycles. The maximum absolute atomic E-state index is 6.64. The van der Waals surface area contributed by atoms with E-state index in [1.807, 2.05) is 0 Å². The average Bonchev–Trinajstić information content (AvgIpc) is 2.85. The Labute approximate surface area is 112 Å². The predicted octanol–water partition coefficient (Wildman–Crippen LogP) is 3.09. The van der Waals surface area contributed by atoms with Crippen molar-refractivity contribution >= 4 is 16.3 Å². The summed E-state index contributed by atoms with van der Waals surface area (Å²) in [6.07, 6.45) is 8.73. The van der Waals surface area contributed by atoms with E-state index in [1.54, 1.807) is 11.3 Å². The van der Waals surface area contributed by atoms with Gasteiger partial charge in [-0.2, -0.15) is 0 Å². The van der Waals surface area contributed by atoms with Crippen molar-refractivity contribution in [2.75, 3.05) is 0 Å². The molecule has 2 N–H and O–H groups in total. The number of rotatable bonds is 2. The van der Waals surface area contributed by atoms with E-state index in [9.17, 15) is 0 Å². The lowest BCUT2D eigenvalue weighted by molar-refractivity contribution is 0.162. The molecular weight excluding hydrogens is 242 g/mol. The summed E-state index contributed by atoms with van der Waals surface area (Å²) in [5.74, 6) is 1.41. The molecule has 3 unspecified atom stereocenters. The summed E-state index contributed by atoms with van der Waals surface area (Å²) in [6.45, 7) is 4.64. The maximum Gasteiger partial charge on any atom is 0.193 e. The van der Waals surface area contributed by atoms with E-state index in [4.69, 9.17) is 5.73 Å². The Morgan fingerprint density at radius 3 is 3.11 bits per heavy atom. The number of nitrogens with zero attached hydrogens (tertiary/aromatic N) is 2. The number of hydrogen-bond donors (Lipinski definition) is 1. The fourth-order valence-electron chi connectivity index (χ4n) is 3.18. The van der Waals surface area contributed by atoms with Gasteiger partial charge >= 0.3 is 0 Å². The van der Waals surface area contributed by atoms with Gasteiger partial charge in [0.25, 0.3) is 0 Å². The summed E-state index contributed by atoms with van der Waals surface area (Å²) in [5, 5.41) is 2.06. The molecule has 1 fully saturated rings. The fourth-order valence-corrected chi connectivity index (χ4v) is 3.90. The highest BCUT2D eigenvalue weighted by atomic mass is 32.1. The first kappa shape index (κ1) is 12.2. The van der Waals surface area contributed by atoms with Gasteiger partial charge in [-0.1, -0.05) is 13.8 Å². The van der Waals surface area contributed by atoms with E-state index in [1.165, 1.54) is 12.8 Å². The molecule has 0 spiro atoms. The smallest absolute Gasteiger partial charge is 0.193 e. The van der Waals surface area contributed by atoms with Crippen LogP contribution in [0.3, 0.4) is 0 Å². The molecule has 2 aromatic heterocycles. The molecule has 1 aliphatic rings. The van der Waals surface area contributed by atoms with Crippen molar-refractivity contribution in [2.24, 2.45) is 17.6 Å². The van der Waals surface area contributed by atoms with E-state index in [0.717, 1.165) is 29.4 Å². The largest absolute Gasteiger partial charge is 0.325 e. The summed E-state index contributed by atoms with van der Waals surface area (Å²) in [6, 6.07) is 0. The highest BCUT2D eigenvalue weighted by Gasteiger charge is 2.37. The second-order valence-corrected chi connectivity index (χ2v) is 6.89. The van der Waals surface area contributed by atoms with Crippen LogP contribution in [-0.2, 0) is 6.42 Å². The monoisotopic (exact) mass is 263 g/mol. The molecule has 3 nitrogen and oxygen atoms in total. The van der Waals surface area contributed by atoms with Crippen LogP contribution < -0.4 is 5.73 Å². The molecule has 0 radical (unpaired) electrons.